The Labute approximate surface area is 126 Å². The van der Waals surface area contributed by atoms with Crippen molar-refractivity contribution >= 4 is 25.0 Å². The quantitative estimate of drug-likeness (QED) is 0.124. The van der Waals surface area contributed by atoms with Crippen LogP contribution in [-0.2, 0) is 19.1 Å². The molecule has 1 atom stereocenters. The topological polar surface area (TPSA) is 77.3 Å². The molecule has 0 N–H and O–H groups in total. The number of nitrogens with zero attached hydrogens (tertiary/aromatic N) is 2. The monoisotopic (exact) mass is 314 g/mol. The van der Waals surface area contributed by atoms with E-state index in [-0.39, 0.29) is 0 Å². The number of rotatable bonds is 9. The summed E-state index contributed by atoms with van der Waals surface area (Å²) in [5.74, 6) is -2.03. The highest BCUT2D eigenvalue weighted by Gasteiger charge is 2.03. The average Bonchev–Trinajstić information content (AvgIpc) is 2.53. The molecule has 0 bridgehead atoms. The van der Waals surface area contributed by atoms with Crippen molar-refractivity contribution in [1.29, 1.82) is 0 Å². The smallest absolute Gasteiger partial charge is 0.330 e. The van der Waals surface area contributed by atoms with Gasteiger partial charge in [-0.2, -0.15) is 0 Å². The van der Waals surface area contributed by atoms with Crippen LogP contribution in [0.15, 0.2) is 45.9 Å². The second-order valence-corrected chi connectivity index (χ2v) is 3.55. The molecule has 1 unspecified atom stereocenters. The van der Waals surface area contributed by atoms with Crippen molar-refractivity contribution in [3.63, 3.8) is 0 Å². The first-order chi connectivity index (χ1) is 10.6. The maximum atomic E-state index is 13.2. The molecular weight excluding hydrogens is 298 g/mol. The normalized spacial score (nSPS) is 14.7. The second kappa shape index (κ2) is 12.1. The first-order valence-corrected chi connectivity index (χ1v) is 6.07. The van der Waals surface area contributed by atoms with E-state index in [4.69, 9.17) is 0 Å². The highest BCUT2D eigenvalue weighted by molar-refractivity contribution is 5.83. The maximum absolute atomic E-state index is 13.2. The molecule has 0 spiro atoms. The molecule has 0 saturated carbocycles. The van der Waals surface area contributed by atoms with Gasteiger partial charge < -0.3 is 14.3 Å². The van der Waals surface area contributed by atoms with E-state index in [0.717, 1.165) is 24.9 Å². The molecule has 0 radical (unpaired) electrons. The highest BCUT2D eigenvalue weighted by Crippen LogP contribution is 2.09. The van der Waals surface area contributed by atoms with Gasteiger partial charge in [-0.25, -0.2) is 18.6 Å². The summed E-state index contributed by atoms with van der Waals surface area (Å²) in [5.41, 5.74) is 0. The molecule has 0 saturated heterocycles. The molecule has 0 aromatic carbocycles. The number of methoxy groups -OCH3 is 1. The SMILES string of the molecule is C/C=C\C(F)=C(/CF)O/C=N/C=N\C(C=O)C=CC(=O)OC. The van der Waals surface area contributed by atoms with Crippen LogP contribution in [0.25, 0.3) is 0 Å². The lowest BCUT2D eigenvalue weighted by atomic mass is 10.3. The first-order valence-electron chi connectivity index (χ1n) is 6.07. The fraction of sp³-hybridized carbons (Fsp3) is 0.286. The van der Waals surface area contributed by atoms with Gasteiger partial charge in [0.2, 0.25) is 0 Å². The molecular formula is C14H16F2N2O4. The molecule has 0 aromatic rings. The van der Waals surface area contributed by atoms with Crippen molar-refractivity contribution in [3.05, 3.63) is 35.9 Å². The first kappa shape index (κ1) is 19.4. The van der Waals surface area contributed by atoms with Gasteiger partial charge in [0.05, 0.1) is 7.11 Å². The number of alkyl halides is 1. The molecule has 0 rings (SSSR count). The van der Waals surface area contributed by atoms with Gasteiger partial charge in [0.25, 0.3) is 0 Å². The average molecular weight is 314 g/mol. The van der Waals surface area contributed by atoms with Crippen LogP contribution >= 0.6 is 0 Å². The Kier molecular flexibility index (Phi) is 10.7. The van der Waals surface area contributed by atoms with Gasteiger partial charge in [-0.1, -0.05) is 6.08 Å². The van der Waals surface area contributed by atoms with Crippen LogP contribution in [0.4, 0.5) is 8.78 Å². The Bertz CT molecular complexity index is 511. The Morgan fingerprint density at radius 3 is 2.64 bits per heavy atom. The number of carbonyl (C=O) groups is 2. The van der Waals surface area contributed by atoms with Crippen LogP contribution in [0, 0.1) is 0 Å². The number of hydrogen-bond acceptors (Lipinski definition) is 5. The third-order valence-corrected chi connectivity index (χ3v) is 2.03. The largest absolute Gasteiger partial charge is 0.466 e. The fourth-order valence-electron chi connectivity index (χ4n) is 1.00. The lowest BCUT2D eigenvalue weighted by Crippen LogP contribution is -2.04. The van der Waals surface area contributed by atoms with E-state index in [1.54, 1.807) is 6.92 Å². The minimum absolute atomic E-state index is 0.463. The van der Waals surface area contributed by atoms with Crippen molar-refractivity contribution in [2.75, 3.05) is 13.8 Å². The van der Waals surface area contributed by atoms with Gasteiger partial charge in [-0.05, 0) is 19.1 Å². The van der Waals surface area contributed by atoms with Gasteiger partial charge in [-0.15, -0.1) is 0 Å². The Morgan fingerprint density at radius 2 is 2.09 bits per heavy atom. The Balaban J connectivity index is 4.57. The van der Waals surface area contributed by atoms with Crippen LogP contribution in [0.3, 0.4) is 0 Å². The molecule has 8 heteroatoms. The summed E-state index contributed by atoms with van der Waals surface area (Å²) in [6, 6.07) is -0.938. The van der Waals surface area contributed by atoms with E-state index in [0.29, 0.717) is 6.29 Å². The molecule has 0 aliphatic heterocycles. The lowest BCUT2D eigenvalue weighted by Gasteiger charge is -2.00. The molecule has 0 aliphatic rings. The van der Waals surface area contributed by atoms with E-state index in [9.17, 15) is 18.4 Å². The summed E-state index contributed by atoms with van der Waals surface area (Å²) in [6.45, 7) is 0.426. The Morgan fingerprint density at radius 1 is 1.36 bits per heavy atom. The minimum atomic E-state index is -1.14. The molecule has 0 amide bonds. The van der Waals surface area contributed by atoms with Crippen LogP contribution in [-0.4, -0.2) is 44.8 Å². The standard InChI is InChI=1S/C14H16F2N2O4/c1-3-4-12(16)13(7-15)22-10-17-9-18-11(8-19)5-6-14(20)21-2/h3-6,8-11H,7H2,1-2H3/b4-3-,6-5?,13-12-,17-10+,18-9-. The number of carbonyl (C=O) groups excluding carboxylic acids is 2. The molecule has 0 fully saturated rings. The summed E-state index contributed by atoms with van der Waals surface area (Å²) in [4.78, 5) is 28.7. The zero-order chi connectivity index (χ0) is 16.8. The molecule has 0 aromatic heterocycles. The summed E-state index contributed by atoms with van der Waals surface area (Å²) >= 11 is 0. The number of ether oxygens (including phenoxy) is 2. The summed E-state index contributed by atoms with van der Waals surface area (Å²) in [6.07, 6.45) is 6.84. The van der Waals surface area contributed by atoms with Gasteiger partial charge in [-0.3, -0.25) is 4.99 Å². The third-order valence-electron chi connectivity index (χ3n) is 2.03. The molecule has 22 heavy (non-hydrogen) atoms. The van der Waals surface area contributed by atoms with Crippen molar-refractivity contribution in [2.24, 2.45) is 9.98 Å². The number of aliphatic imine (C=N–C) groups is 2. The predicted molar refractivity (Wildman–Crippen MR) is 78.0 cm³/mol. The van der Waals surface area contributed by atoms with Crippen LogP contribution in [0.2, 0.25) is 0 Å². The maximum Gasteiger partial charge on any atom is 0.330 e. The van der Waals surface area contributed by atoms with Crippen LogP contribution in [0.1, 0.15) is 6.92 Å². The van der Waals surface area contributed by atoms with Crippen molar-refractivity contribution in [3.8, 4) is 0 Å². The number of esters is 1. The van der Waals surface area contributed by atoms with Crippen LogP contribution < -0.4 is 0 Å². The lowest BCUT2D eigenvalue weighted by molar-refractivity contribution is -0.134. The summed E-state index contributed by atoms with van der Waals surface area (Å²) in [7, 11) is 1.19. The molecule has 0 aliphatic carbocycles. The number of allylic oxidation sites excluding steroid dienone is 4. The van der Waals surface area contributed by atoms with Gasteiger partial charge >= 0.3 is 5.97 Å². The van der Waals surface area contributed by atoms with Crippen molar-refractivity contribution in [2.45, 2.75) is 13.0 Å². The zero-order valence-corrected chi connectivity index (χ0v) is 12.1. The van der Waals surface area contributed by atoms with Crippen molar-refractivity contribution in [1.82, 2.24) is 0 Å². The van der Waals surface area contributed by atoms with E-state index < -0.39 is 30.3 Å². The molecule has 120 valence electrons. The molecule has 0 heterocycles. The summed E-state index contributed by atoms with van der Waals surface area (Å²) in [5, 5.41) is 0. The zero-order valence-electron chi connectivity index (χ0n) is 12.1. The second-order valence-electron chi connectivity index (χ2n) is 3.55. The number of aldehydes is 1. The number of hydrogen-bond donors (Lipinski definition) is 0. The minimum Gasteiger partial charge on any atom is -0.466 e. The fourth-order valence-corrected chi connectivity index (χ4v) is 1.00. The van der Waals surface area contributed by atoms with Gasteiger partial charge in [0.1, 0.15) is 18.7 Å². The van der Waals surface area contributed by atoms with Gasteiger partial charge in [0, 0.05) is 6.08 Å². The van der Waals surface area contributed by atoms with E-state index in [1.165, 1.54) is 19.3 Å². The predicted octanol–water partition coefficient (Wildman–Crippen LogP) is 2.08. The van der Waals surface area contributed by atoms with Crippen LogP contribution in [0.5, 0.6) is 0 Å². The third kappa shape index (κ3) is 8.51. The molecule has 6 nitrogen and oxygen atoms in total. The highest BCUT2D eigenvalue weighted by atomic mass is 19.1. The summed E-state index contributed by atoms with van der Waals surface area (Å²) < 4.78 is 34.7. The van der Waals surface area contributed by atoms with E-state index in [2.05, 4.69) is 19.5 Å². The van der Waals surface area contributed by atoms with Gasteiger partial charge in [0.15, 0.2) is 24.7 Å². The number of halogens is 2. The van der Waals surface area contributed by atoms with E-state index >= 15 is 0 Å². The van der Waals surface area contributed by atoms with E-state index in [1.807, 2.05) is 0 Å². The Hall–Kier alpha value is -2.64. The van der Waals surface area contributed by atoms with Crippen molar-refractivity contribution < 1.29 is 27.8 Å².